The maximum absolute atomic E-state index is 6.25. The summed E-state index contributed by atoms with van der Waals surface area (Å²) in [7, 11) is 1.60. The highest BCUT2D eigenvalue weighted by molar-refractivity contribution is 6.36. The van der Waals surface area contributed by atoms with Gasteiger partial charge in [-0.15, -0.1) is 0 Å². The first-order valence-corrected chi connectivity index (χ1v) is 7.18. The fourth-order valence-corrected chi connectivity index (χ4v) is 2.78. The maximum atomic E-state index is 6.25. The Hall–Kier alpha value is -0.930. The smallest absolute Gasteiger partial charge is 0.123 e. The zero-order chi connectivity index (χ0) is 14.7. The summed E-state index contributed by atoms with van der Waals surface area (Å²) in [6.45, 7) is 0. The molecule has 106 valence electrons. The van der Waals surface area contributed by atoms with Gasteiger partial charge in [0.2, 0.25) is 0 Å². The van der Waals surface area contributed by atoms with Crippen LogP contribution in [-0.4, -0.2) is 7.11 Å². The third-order valence-electron chi connectivity index (χ3n) is 3.08. The first kappa shape index (κ1) is 15.5. The van der Waals surface area contributed by atoms with E-state index in [-0.39, 0.29) is 6.04 Å². The van der Waals surface area contributed by atoms with Crippen LogP contribution < -0.4 is 10.5 Å². The highest BCUT2D eigenvalue weighted by atomic mass is 35.5. The van der Waals surface area contributed by atoms with Gasteiger partial charge < -0.3 is 10.5 Å². The van der Waals surface area contributed by atoms with E-state index in [9.17, 15) is 0 Å². The van der Waals surface area contributed by atoms with E-state index in [4.69, 9.17) is 45.3 Å². The average Bonchev–Trinajstić information content (AvgIpc) is 2.43. The molecule has 0 radical (unpaired) electrons. The first-order valence-electron chi connectivity index (χ1n) is 6.05. The fourth-order valence-electron chi connectivity index (χ4n) is 2.05. The van der Waals surface area contributed by atoms with Gasteiger partial charge in [-0.25, -0.2) is 0 Å². The molecule has 2 nitrogen and oxygen atoms in total. The van der Waals surface area contributed by atoms with Crippen molar-refractivity contribution in [2.45, 2.75) is 12.5 Å². The molecule has 0 aromatic heterocycles. The van der Waals surface area contributed by atoms with E-state index < -0.39 is 0 Å². The van der Waals surface area contributed by atoms with E-state index in [0.717, 1.165) is 11.1 Å². The molecule has 0 aliphatic carbocycles. The lowest BCUT2D eigenvalue weighted by Crippen LogP contribution is -2.15. The molecular formula is C15H14Cl3NO. The molecule has 2 aromatic rings. The normalized spacial score (nSPS) is 12.2. The molecule has 0 spiro atoms. The number of ether oxygens (including phenoxy) is 1. The van der Waals surface area contributed by atoms with Crippen molar-refractivity contribution in [2.75, 3.05) is 7.11 Å². The molecule has 0 amide bonds. The molecular weight excluding hydrogens is 317 g/mol. The van der Waals surface area contributed by atoms with Gasteiger partial charge in [0.05, 0.1) is 7.11 Å². The summed E-state index contributed by atoms with van der Waals surface area (Å²) in [6, 6.07) is 10.5. The van der Waals surface area contributed by atoms with Crippen LogP contribution in [0.4, 0.5) is 0 Å². The number of nitrogens with two attached hydrogens (primary N) is 1. The summed E-state index contributed by atoms with van der Waals surface area (Å²) in [5.74, 6) is 0.699. The molecule has 2 N–H and O–H groups in total. The van der Waals surface area contributed by atoms with E-state index in [0.29, 0.717) is 27.2 Å². The molecule has 2 rings (SSSR count). The summed E-state index contributed by atoms with van der Waals surface area (Å²) in [5, 5.41) is 1.82. The van der Waals surface area contributed by atoms with Gasteiger partial charge in [0.15, 0.2) is 0 Å². The molecule has 0 fully saturated rings. The Morgan fingerprint density at radius 3 is 2.35 bits per heavy atom. The molecule has 0 aliphatic rings. The Balaban J connectivity index is 2.33. The Bertz CT molecular complexity index is 596. The van der Waals surface area contributed by atoms with Crippen molar-refractivity contribution in [1.29, 1.82) is 0 Å². The van der Waals surface area contributed by atoms with Gasteiger partial charge in [-0.1, -0.05) is 40.9 Å². The van der Waals surface area contributed by atoms with E-state index in [1.54, 1.807) is 43.5 Å². The van der Waals surface area contributed by atoms with Crippen molar-refractivity contribution in [3.8, 4) is 5.75 Å². The van der Waals surface area contributed by atoms with Gasteiger partial charge in [-0.2, -0.15) is 0 Å². The number of methoxy groups -OCH3 is 1. The van der Waals surface area contributed by atoms with Gasteiger partial charge in [0.25, 0.3) is 0 Å². The Kier molecular flexibility index (Phi) is 5.17. The molecule has 1 atom stereocenters. The predicted molar refractivity (Wildman–Crippen MR) is 85.1 cm³/mol. The van der Waals surface area contributed by atoms with Crippen LogP contribution in [0.2, 0.25) is 15.1 Å². The van der Waals surface area contributed by atoms with Gasteiger partial charge >= 0.3 is 0 Å². The van der Waals surface area contributed by atoms with E-state index in [2.05, 4.69) is 0 Å². The first-order chi connectivity index (χ1) is 9.52. The van der Waals surface area contributed by atoms with Crippen LogP contribution in [0.15, 0.2) is 36.4 Å². The van der Waals surface area contributed by atoms with Crippen molar-refractivity contribution in [2.24, 2.45) is 5.73 Å². The molecule has 0 aliphatic heterocycles. The SMILES string of the molecule is COc1ccc(Cl)cc1C(N)Cc1c(Cl)cccc1Cl. The zero-order valence-corrected chi connectivity index (χ0v) is 13.1. The molecule has 2 aromatic carbocycles. The molecule has 20 heavy (non-hydrogen) atoms. The maximum Gasteiger partial charge on any atom is 0.123 e. The monoisotopic (exact) mass is 329 g/mol. The fraction of sp³-hybridized carbons (Fsp3) is 0.200. The Morgan fingerprint density at radius 2 is 1.75 bits per heavy atom. The molecule has 1 unspecified atom stereocenters. The largest absolute Gasteiger partial charge is 0.496 e. The summed E-state index contributed by atoms with van der Waals surface area (Å²) in [5.41, 5.74) is 7.91. The highest BCUT2D eigenvalue weighted by Crippen LogP contribution is 2.32. The van der Waals surface area contributed by atoms with Crippen molar-refractivity contribution < 1.29 is 4.74 Å². The van der Waals surface area contributed by atoms with Gasteiger partial charge in [0, 0.05) is 26.7 Å². The second-order valence-corrected chi connectivity index (χ2v) is 5.65. The third-order valence-corrected chi connectivity index (χ3v) is 4.02. The van der Waals surface area contributed by atoms with Crippen molar-refractivity contribution in [3.05, 3.63) is 62.6 Å². The van der Waals surface area contributed by atoms with Crippen molar-refractivity contribution >= 4 is 34.8 Å². The second kappa shape index (κ2) is 6.68. The van der Waals surface area contributed by atoms with E-state index >= 15 is 0 Å². The number of hydrogen-bond acceptors (Lipinski definition) is 2. The van der Waals surface area contributed by atoms with Gasteiger partial charge in [0.1, 0.15) is 5.75 Å². The number of hydrogen-bond donors (Lipinski definition) is 1. The zero-order valence-electron chi connectivity index (χ0n) is 10.9. The van der Waals surface area contributed by atoms with E-state index in [1.165, 1.54) is 0 Å². The van der Waals surface area contributed by atoms with Crippen LogP contribution in [0, 0.1) is 0 Å². The lowest BCUT2D eigenvalue weighted by Gasteiger charge is -2.17. The molecule has 5 heteroatoms. The quantitative estimate of drug-likeness (QED) is 0.865. The summed E-state index contributed by atoms with van der Waals surface area (Å²) in [4.78, 5) is 0. The minimum absolute atomic E-state index is 0.305. The standard InChI is InChI=1S/C15H14Cl3NO/c1-20-15-6-5-9(16)7-11(15)14(19)8-10-12(17)3-2-4-13(10)18/h2-7,14H,8,19H2,1H3. The third kappa shape index (κ3) is 3.39. The van der Waals surface area contributed by atoms with Crippen LogP contribution in [0.3, 0.4) is 0 Å². The minimum Gasteiger partial charge on any atom is -0.496 e. The highest BCUT2D eigenvalue weighted by Gasteiger charge is 2.16. The lowest BCUT2D eigenvalue weighted by molar-refractivity contribution is 0.405. The lowest BCUT2D eigenvalue weighted by atomic mass is 9.98. The van der Waals surface area contributed by atoms with Crippen molar-refractivity contribution in [1.82, 2.24) is 0 Å². The molecule has 0 heterocycles. The van der Waals surface area contributed by atoms with Crippen LogP contribution in [-0.2, 0) is 6.42 Å². The van der Waals surface area contributed by atoms with Gasteiger partial charge in [-0.05, 0) is 42.3 Å². The van der Waals surface area contributed by atoms with Crippen molar-refractivity contribution in [3.63, 3.8) is 0 Å². The van der Waals surface area contributed by atoms with Gasteiger partial charge in [-0.3, -0.25) is 0 Å². The van der Waals surface area contributed by atoms with E-state index in [1.807, 2.05) is 0 Å². The minimum atomic E-state index is -0.305. The predicted octanol–water partition coefficient (Wildman–Crippen LogP) is 4.90. The topological polar surface area (TPSA) is 35.2 Å². The van der Waals surface area contributed by atoms with Crippen LogP contribution in [0.1, 0.15) is 17.2 Å². The number of rotatable bonds is 4. The number of benzene rings is 2. The number of halogens is 3. The van der Waals surface area contributed by atoms with Crippen LogP contribution >= 0.6 is 34.8 Å². The van der Waals surface area contributed by atoms with Crippen LogP contribution in [0.25, 0.3) is 0 Å². The second-order valence-electron chi connectivity index (χ2n) is 4.40. The summed E-state index contributed by atoms with van der Waals surface area (Å²) >= 11 is 18.4. The Labute approximate surface area is 133 Å². The summed E-state index contributed by atoms with van der Waals surface area (Å²) < 4.78 is 5.32. The van der Waals surface area contributed by atoms with Crippen LogP contribution in [0.5, 0.6) is 5.75 Å². The summed E-state index contributed by atoms with van der Waals surface area (Å²) in [6.07, 6.45) is 0.509. The average molecular weight is 331 g/mol. The molecule has 0 saturated heterocycles. The molecule has 0 bridgehead atoms. The Morgan fingerprint density at radius 1 is 1.10 bits per heavy atom. The molecule has 0 saturated carbocycles.